The molecule has 2 aliphatic heterocycles. The molecule has 0 radical (unpaired) electrons. The Kier molecular flexibility index (Phi) is 2.07. The smallest absolute Gasteiger partial charge is 0.318 e. The Hall–Kier alpha value is -2.17. The number of methoxy groups -OCH3 is 1. The fourth-order valence-corrected chi connectivity index (χ4v) is 3.21. The van der Waals surface area contributed by atoms with E-state index in [0.717, 1.165) is 24.2 Å². The maximum atomic E-state index is 11.7. The minimum Gasteiger partial charge on any atom is -0.497 e. The van der Waals surface area contributed by atoms with E-state index in [-0.39, 0.29) is 12.1 Å². The predicted molar refractivity (Wildman–Crippen MR) is 71.4 cm³/mol. The van der Waals surface area contributed by atoms with E-state index in [9.17, 15) is 4.79 Å². The third-order valence-corrected chi connectivity index (χ3v) is 4.17. The number of ether oxygens (including phenoxy) is 1. The minimum atomic E-state index is 0.0480. The summed E-state index contributed by atoms with van der Waals surface area (Å²) in [6.07, 6.45) is 0.895. The molecule has 1 unspecified atom stereocenters. The largest absolute Gasteiger partial charge is 0.497 e. The molecule has 2 aromatic rings. The lowest BCUT2D eigenvalue weighted by Crippen LogP contribution is -2.35. The first-order chi connectivity index (χ1) is 9.28. The molecule has 1 aromatic heterocycles. The van der Waals surface area contributed by atoms with Crippen LogP contribution in [0.5, 0.6) is 5.75 Å². The summed E-state index contributed by atoms with van der Waals surface area (Å²) in [7, 11) is 1.68. The van der Waals surface area contributed by atoms with Gasteiger partial charge < -0.3 is 19.9 Å². The summed E-state index contributed by atoms with van der Waals surface area (Å²) in [5.74, 6) is 0.873. The Balaban J connectivity index is 1.90. The van der Waals surface area contributed by atoms with E-state index in [4.69, 9.17) is 4.74 Å². The number of amides is 2. The van der Waals surface area contributed by atoms with E-state index in [1.165, 1.54) is 16.6 Å². The summed E-state index contributed by atoms with van der Waals surface area (Å²) in [6.45, 7) is 1.48. The predicted octanol–water partition coefficient (Wildman–Crippen LogP) is 1.80. The number of carbonyl (C=O) groups is 1. The van der Waals surface area contributed by atoms with Gasteiger partial charge in [-0.3, -0.25) is 0 Å². The van der Waals surface area contributed by atoms with E-state index in [2.05, 4.69) is 16.4 Å². The Bertz CT molecular complexity index is 677. The molecule has 1 fully saturated rings. The lowest BCUT2D eigenvalue weighted by atomic mass is 9.98. The molecule has 98 valence electrons. The van der Waals surface area contributed by atoms with Crippen molar-refractivity contribution in [2.75, 3.05) is 20.2 Å². The molecule has 2 aliphatic rings. The molecule has 4 rings (SSSR count). The van der Waals surface area contributed by atoms with Crippen molar-refractivity contribution in [1.29, 1.82) is 0 Å². The van der Waals surface area contributed by atoms with Crippen molar-refractivity contribution in [2.45, 2.75) is 12.5 Å². The van der Waals surface area contributed by atoms with Gasteiger partial charge in [0.1, 0.15) is 5.75 Å². The standard InChI is InChI=1S/C14H15N3O2/c1-19-8-2-3-11-10(6-8)9-4-5-17-12(13(9)16-11)7-15-14(17)18/h2-3,6,12,16H,4-5,7H2,1H3,(H,15,18). The van der Waals surface area contributed by atoms with E-state index < -0.39 is 0 Å². The van der Waals surface area contributed by atoms with Crippen LogP contribution in [0, 0.1) is 0 Å². The number of carbonyl (C=O) groups excluding carboxylic acids is 1. The lowest BCUT2D eigenvalue weighted by Gasteiger charge is -2.28. The van der Waals surface area contributed by atoms with Crippen molar-refractivity contribution in [3.63, 3.8) is 0 Å². The number of nitrogens with zero attached hydrogens (tertiary/aromatic N) is 1. The second-order valence-corrected chi connectivity index (χ2v) is 5.07. The third kappa shape index (κ3) is 1.38. The zero-order chi connectivity index (χ0) is 13.0. The SMILES string of the molecule is COc1ccc2[nH]c3c(c2c1)CCN1C(=O)NCC31. The zero-order valence-corrected chi connectivity index (χ0v) is 10.7. The van der Waals surface area contributed by atoms with Crippen LogP contribution in [0.15, 0.2) is 18.2 Å². The summed E-state index contributed by atoms with van der Waals surface area (Å²) < 4.78 is 5.30. The van der Waals surface area contributed by atoms with Gasteiger partial charge in [0.05, 0.1) is 13.2 Å². The van der Waals surface area contributed by atoms with Crippen LogP contribution in [0.2, 0.25) is 0 Å². The molecule has 19 heavy (non-hydrogen) atoms. The molecule has 1 atom stereocenters. The van der Waals surface area contributed by atoms with Gasteiger partial charge in [-0.1, -0.05) is 0 Å². The van der Waals surface area contributed by atoms with E-state index in [1.54, 1.807) is 7.11 Å². The van der Waals surface area contributed by atoms with E-state index in [0.29, 0.717) is 6.54 Å². The van der Waals surface area contributed by atoms with Gasteiger partial charge in [-0.15, -0.1) is 0 Å². The topological polar surface area (TPSA) is 57.4 Å². The number of fused-ring (bicyclic) bond motifs is 5. The number of H-pyrrole nitrogens is 1. The number of rotatable bonds is 1. The van der Waals surface area contributed by atoms with Crippen LogP contribution in [-0.4, -0.2) is 36.1 Å². The lowest BCUT2D eigenvalue weighted by molar-refractivity contribution is 0.200. The van der Waals surface area contributed by atoms with Crippen LogP contribution < -0.4 is 10.1 Å². The van der Waals surface area contributed by atoms with Gasteiger partial charge in [0.25, 0.3) is 0 Å². The molecule has 0 aliphatic carbocycles. The second kappa shape index (κ2) is 3.66. The summed E-state index contributed by atoms with van der Waals surface area (Å²) in [5, 5.41) is 4.13. The Morgan fingerprint density at radius 3 is 3.16 bits per heavy atom. The first kappa shape index (κ1) is 10.7. The molecular formula is C14H15N3O2. The first-order valence-corrected chi connectivity index (χ1v) is 6.51. The molecule has 5 heteroatoms. The molecule has 0 spiro atoms. The van der Waals surface area contributed by atoms with Gasteiger partial charge in [0.2, 0.25) is 0 Å². The summed E-state index contributed by atoms with van der Waals surface area (Å²) in [4.78, 5) is 17.1. The first-order valence-electron chi connectivity index (χ1n) is 6.51. The Labute approximate surface area is 110 Å². The van der Waals surface area contributed by atoms with Crippen LogP contribution in [0.1, 0.15) is 17.3 Å². The van der Waals surface area contributed by atoms with Crippen molar-refractivity contribution in [3.05, 3.63) is 29.5 Å². The highest BCUT2D eigenvalue weighted by Gasteiger charge is 2.37. The Morgan fingerprint density at radius 1 is 1.42 bits per heavy atom. The van der Waals surface area contributed by atoms with Crippen LogP contribution in [0.25, 0.3) is 10.9 Å². The number of hydrogen-bond acceptors (Lipinski definition) is 2. The molecule has 2 N–H and O–H groups in total. The van der Waals surface area contributed by atoms with Gasteiger partial charge in [0.15, 0.2) is 0 Å². The highest BCUT2D eigenvalue weighted by molar-refractivity contribution is 5.88. The number of urea groups is 1. The molecule has 2 amide bonds. The Morgan fingerprint density at radius 2 is 2.32 bits per heavy atom. The van der Waals surface area contributed by atoms with Crippen molar-refractivity contribution >= 4 is 16.9 Å². The highest BCUT2D eigenvalue weighted by Crippen LogP contribution is 2.37. The van der Waals surface area contributed by atoms with Gasteiger partial charge in [0, 0.05) is 29.7 Å². The average molecular weight is 257 g/mol. The molecule has 1 saturated heterocycles. The maximum absolute atomic E-state index is 11.7. The fourth-order valence-electron chi connectivity index (χ4n) is 3.21. The highest BCUT2D eigenvalue weighted by atomic mass is 16.5. The molecule has 1 aromatic carbocycles. The number of hydrogen-bond donors (Lipinski definition) is 2. The molecule has 3 heterocycles. The minimum absolute atomic E-state index is 0.0480. The van der Waals surface area contributed by atoms with Gasteiger partial charge in [-0.05, 0) is 30.2 Å². The van der Waals surface area contributed by atoms with E-state index in [1.807, 2.05) is 17.0 Å². The van der Waals surface area contributed by atoms with Crippen molar-refractivity contribution in [3.8, 4) is 5.75 Å². The van der Waals surface area contributed by atoms with Gasteiger partial charge in [-0.25, -0.2) is 4.79 Å². The summed E-state index contributed by atoms with van der Waals surface area (Å²) >= 11 is 0. The normalized spacial score (nSPS) is 21.2. The fraction of sp³-hybridized carbons (Fsp3) is 0.357. The van der Waals surface area contributed by atoms with Crippen molar-refractivity contribution < 1.29 is 9.53 Å². The van der Waals surface area contributed by atoms with E-state index >= 15 is 0 Å². The zero-order valence-electron chi connectivity index (χ0n) is 10.7. The van der Waals surface area contributed by atoms with Gasteiger partial charge in [-0.2, -0.15) is 0 Å². The third-order valence-electron chi connectivity index (χ3n) is 4.17. The van der Waals surface area contributed by atoms with Crippen molar-refractivity contribution in [2.24, 2.45) is 0 Å². The molecule has 0 bridgehead atoms. The summed E-state index contributed by atoms with van der Waals surface area (Å²) in [5.41, 5.74) is 3.62. The maximum Gasteiger partial charge on any atom is 0.318 e. The monoisotopic (exact) mass is 257 g/mol. The second-order valence-electron chi connectivity index (χ2n) is 5.07. The number of nitrogens with one attached hydrogen (secondary N) is 2. The quantitative estimate of drug-likeness (QED) is 0.818. The van der Waals surface area contributed by atoms with Crippen LogP contribution in [0.4, 0.5) is 4.79 Å². The molecular weight excluding hydrogens is 242 g/mol. The van der Waals surface area contributed by atoms with Crippen LogP contribution >= 0.6 is 0 Å². The summed E-state index contributed by atoms with van der Waals surface area (Å²) in [6, 6.07) is 6.27. The number of aromatic amines is 1. The molecule has 5 nitrogen and oxygen atoms in total. The number of benzene rings is 1. The average Bonchev–Trinajstić information content (AvgIpc) is 2.99. The van der Waals surface area contributed by atoms with Crippen molar-refractivity contribution in [1.82, 2.24) is 15.2 Å². The number of aromatic nitrogens is 1. The molecule has 0 saturated carbocycles. The van der Waals surface area contributed by atoms with Crippen LogP contribution in [-0.2, 0) is 6.42 Å². The van der Waals surface area contributed by atoms with Gasteiger partial charge >= 0.3 is 6.03 Å². The van der Waals surface area contributed by atoms with Crippen LogP contribution in [0.3, 0.4) is 0 Å².